The second-order valence-corrected chi connectivity index (χ2v) is 3.79. The third-order valence-corrected chi connectivity index (χ3v) is 2.68. The van der Waals surface area contributed by atoms with Crippen LogP contribution in [0.2, 0.25) is 0 Å². The van der Waals surface area contributed by atoms with E-state index in [1.165, 1.54) is 0 Å². The van der Waals surface area contributed by atoms with E-state index < -0.39 is 5.97 Å². The van der Waals surface area contributed by atoms with Crippen molar-refractivity contribution >= 4 is 11.7 Å². The first-order valence-electron chi connectivity index (χ1n) is 5.56. The Morgan fingerprint density at radius 1 is 1.53 bits per heavy atom. The first kappa shape index (κ1) is 13.0. The van der Waals surface area contributed by atoms with E-state index in [4.69, 9.17) is 10.4 Å². The highest BCUT2D eigenvalue weighted by atomic mass is 16.4. The summed E-state index contributed by atoms with van der Waals surface area (Å²) in [5.41, 5.74) is 2.03. The van der Waals surface area contributed by atoms with Gasteiger partial charge in [-0.05, 0) is 37.6 Å². The molecular weight excluding hydrogens is 216 g/mol. The predicted octanol–water partition coefficient (Wildman–Crippen LogP) is 2.43. The molecule has 0 radical (unpaired) electrons. The number of aryl methyl sites for hydroxylation is 1. The van der Waals surface area contributed by atoms with Gasteiger partial charge in [-0.1, -0.05) is 0 Å². The summed E-state index contributed by atoms with van der Waals surface area (Å²) < 4.78 is 0. The van der Waals surface area contributed by atoms with Crippen molar-refractivity contribution < 1.29 is 9.90 Å². The molecule has 1 rings (SSSR count). The number of rotatable bonds is 5. The van der Waals surface area contributed by atoms with Crippen LogP contribution in [0.1, 0.15) is 29.3 Å². The van der Waals surface area contributed by atoms with E-state index in [0.717, 1.165) is 17.8 Å². The topological polar surface area (TPSA) is 64.3 Å². The lowest BCUT2D eigenvalue weighted by Crippen LogP contribution is -2.23. The fraction of sp³-hybridized carbons (Fsp3) is 0.385. The molecule has 90 valence electrons. The number of benzene rings is 1. The number of hydrogen-bond donors (Lipinski definition) is 1. The molecule has 0 aliphatic carbocycles. The Bertz CT molecular complexity index is 449. The van der Waals surface area contributed by atoms with Crippen molar-refractivity contribution in [1.82, 2.24) is 0 Å². The van der Waals surface area contributed by atoms with E-state index in [1.807, 2.05) is 13.0 Å². The SMILES string of the molecule is CCN(CCC#N)c1ccc(C(=O)O)c(C)c1. The van der Waals surface area contributed by atoms with E-state index in [-0.39, 0.29) is 0 Å². The van der Waals surface area contributed by atoms with Gasteiger partial charge in [-0.2, -0.15) is 5.26 Å². The van der Waals surface area contributed by atoms with Gasteiger partial charge < -0.3 is 10.0 Å². The lowest BCUT2D eigenvalue weighted by atomic mass is 10.1. The van der Waals surface area contributed by atoms with Gasteiger partial charge in [0.2, 0.25) is 0 Å². The number of nitrogens with zero attached hydrogens (tertiary/aromatic N) is 2. The van der Waals surface area contributed by atoms with Gasteiger partial charge in [0.1, 0.15) is 0 Å². The molecule has 0 spiro atoms. The molecule has 0 amide bonds. The van der Waals surface area contributed by atoms with Gasteiger partial charge in [0, 0.05) is 18.8 Å². The molecule has 0 saturated carbocycles. The number of anilines is 1. The Morgan fingerprint density at radius 3 is 2.71 bits per heavy atom. The molecule has 0 atom stereocenters. The fourth-order valence-electron chi connectivity index (χ4n) is 1.74. The normalized spacial score (nSPS) is 9.71. The molecule has 4 nitrogen and oxygen atoms in total. The molecule has 4 heteroatoms. The highest BCUT2D eigenvalue weighted by Gasteiger charge is 2.10. The highest BCUT2D eigenvalue weighted by Crippen LogP contribution is 2.19. The molecule has 1 N–H and O–H groups in total. The van der Waals surface area contributed by atoms with Gasteiger partial charge in [-0.3, -0.25) is 0 Å². The first-order valence-corrected chi connectivity index (χ1v) is 5.56. The predicted molar refractivity (Wildman–Crippen MR) is 66.3 cm³/mol. The molecule has 0 unspecified atom stereocenters. The lowest BCUT2D eigenvalue weighted by molar-refractivity contribution is 0.0696. The summed E-state index contributed by atoms with van der Waals surface area (Å²) in [5.74, 6) is -0.908. The Kier molecular flexibility index (Phi) is 4.53. The minimum Gasteiger partial charge on any atom is -0.478 e. The number of aromatic carboxylic acids is 1. The molecule has 17 heavy (non-hydrogen) atoms. The number of carbonyl (C=O) groups is 1. The summed E-state index contributed by atoms with van der Waals surface area (Å²) in [5, 5.41) is 17.5. The number of nitriles is 1. The highest BCUT2D eigenvalue weighted by molar-refractivity contribution is 5.89. The van der Waals surface area contributed by atoms with Crippen LogP contribution in [0, 0.1) is 18.3 Å². The number of carboxylic acids is 1. The molecular formula is C13H16N2O2. The summed E-state index contributed by atoms with van der Waals surface area (Å²) >= 11 is 0. The van der Waals surface area contributed by atoms with E-state index in [1.54, 1.807) is 19.1 Å². The maximum absolute atomic E-state index is 10.9. The second kappa shape index (κ2) is 5.90. The summed E-state index contributed by atoms with van der Waals surface area (Å²) in [7, 11) is 0. The van der Waals surface area contributed by atoms with Crippen LogP contribution in [0.3, 0.4) is 0 Å². The smallest absolute Gasteiger partial charge is 0.335 e. The van der Waals surface area contributed by atoms with Gasteiger partial charge in [0.15, 0.2) is 0 Å². The van der Waals surface area contributed by atoms with E-state index in [0.29, 0.717) is 18.5 Å². The van der Waals surface area contributed by atoms with Crippen molar-refractivity contribution in [1.29, 1.82) is 5.26 Å². The molecule has 0 fully saturated rings. The largest absolute Gasteiger partial charge is 0.478 e. The quantitative estimate of drug-likeness (QED) is 0.846. The maximum Gasteiger partial charge on any atom is 0.335 e. The van der Waals surface area contributed by atoms with E-state index >= 15 is 0 Å². The standard InChI is InChI=1S/C13H16N2O2/c1-3-15(8-4-7-14)11-5-6-12(13(16)17)10(2)9-11/h5-6,9H,3-4,8H2,1-2H3,(H,16,17). The van der Waals surface area contributed by atoms with Crippen molar-refractivity contribution in [2.24, 2.45) is 0 Å². The third-order valence-electron chi connectivity index (χ3n) is 2.68. The average molecular weight is 232 g/mol. The van der Waals surface area contributed by atoms with Crippen LogP contribution in [0.4, 0.5) is 5.69 Å². The van der Waals surface area contributed by atoms with Crippen LogP contribution in [0.25, 0.3) is 0 Å². The van der Waals surface area contributed by atoms with E-state index in [9.17, 15) is 4.79 Å². The van der Waals surface area contributed by atoms with Gasteiger partial charge in [0.25, 0.3) is 0 Å². The zero-order valence-corrected chi connectivity index (χ0v) is 10.1. The molecule has 0 saturated heterocycles. The van der Waals surface area contributed by atoms with Gasteiger partial charge in [-0.15, -0.1) is 0 Å². The molecule has 0 aliphatic heterocycles. The van der Waals surface area contributed by atoms with Gasteiger partial charge in [-0.25, -0.2) is 4.79 Å². The van der Waals surface area contributed by atoms with Crippen molar-refractivity contribution in [3.05, 3.63) is 29.3 Å². The molecule has 0 aromatic heterocycles. The van der Waals surface area contributed by atoms with Crippen molar-refractivity contribution in [2.45, 2.75) is 20.3 Å². The zero-order chi connectivity index (χ0) is 12.8. The molecule has 1 aromatic rings. The summed E-state index contributed by atoms with van der Waals surface area (Å²) in [6.45, 7) is 5.26. The molecule has 0 aliphatic rings. The van der Waals surface area contributed by atoms with Crippen molar-refractivity contribution in [2.75, 3.05) is 18.0 Å². The molecule has 1 aromatic carbocycles. The molecule has 0 bridgehead atoms. The number of hydrogen-bond acceptors (Lipinski definition) is 3. The number of carboxylic acid groups (broad SMARTS) is 1. The fourth-order valence-corrected chi connectivity index (χ4v) is 1.74. The Labute approximate surface area is 101 Å². The lowest BCUT2D eigenvalue weighted by Gasteiger charge is -2.22. The zero-order valence-electron chi connectivity index (χ0n) is 10.1. The Balaban J connectivity index is 2.95. The third kappa shape index (κ3) is 3.22. The van der Waals surface area contributed by atoms with Crippen molar-refractivity contribution in [3.63, 3.8) is 0 Å². The van der Waals surface area contributed by atoms with E-state index in [2.05, 4.69) is 11.0 Å². The van der Waals surface area contributed by atoms with Gasteiger partial charge in [0.05, 0.1) is 18.1 Å². The summed E-state index contributed by atoms with van der Waals surface area (Å²) in [4.78, 5) is 12.9. The van der Waals surface area contributed by atoms with Crippen LogP contribution in [0.15, 0.2) is 18.2 Å². The van der Waals surface area contributed by atoms with Crippen LogP contribution in [0.5, 0.6) is 0 Å². The Morgan fingerprint density at radius 2 is 2.24 bits per heavy atom. The first-order chi connectivity index (χ1) is 8.10. The summed E-state index contributed by atoms with van der Waals surface area (Å²) in [6.07, 6.45) is 0.466. The molecule has 0 heterocycles. The summed E-state index contributed by atoms with van der Waals surface area (Å²) in [6, 6.07) is 7.36. The second-order valence-electron chi connectivity index (χ2n) is 3.79. The Hall–Kier alpha value is -2.02. The van der Waals surface area contributed by atoms with Crippen LogP contribution < -0.4 is 4.90 Å². The maximum atomic E-state index is 10.9. The van der Waals surface area contributed by atoms with Crippen LogP contribution >= 0.6 is 0 Å². The minimum atomic E-state index is -0.908. The van der Waals surface area contributed by atoms with Crippen LogP contribution in [-0.4, -0.2) is 24.2 Å². The van der Waals surface area contributed by atoms with Crippen LogP contribution in [-0.2, 0) is 0 Å². The van der Waals surface area contributed by atoms with Gasteiger partial charge >= 0.3 is 5.97 Å². The average Bonchev–Trinajstić information content (AvgIpc) is 2.29. The minimum absolute atomic E-state index is 0.324. The van der Waals surface area contributed by atoms with Crippen molar-refractivity contribution in [3.8, 4) is 6.07 Å². The monoisotopic (exact) mass is 232 g/mol.